The average molecular weight is 252 g/mol. The van der Waals surface area contributed by atoms with E-state index in [0.29, 0.717) is 0 Å². The van der Waals surface area contributed by atoms with Gasteiger partial charge in [-0.05, 0) is 22.6 Å². The summed E-state index contributed by atoms with van der Waals surface area (Å²) in [6, 6.07) is 0. The van der Waals surface area contributed by atoms with Gasteiger partial charge in [0.2, 0.25) is 4.18 Å². The molecule has 9 heavy (non-hydrogen) atoms. The summed E-state index contributed by atoms with van der Waals surface area (Å²) >= 11 is 1.07. The van der Waals surface area contributed by atoms with Crippen molar-refractivity contribution < 1.29 is 23.4 Å². The molecule has 0 spiro atoms. The van der Waals surface area contributed by atoms with Gasteiger partial charge >= 0.3 is 6.16 Å². The third-order valence-corrected chi connectivity index (χ3v) is 0.977. The number of halogens is 3. The minimum Gasteiger partial charge on any atom is -0.450 e. The number of ether oxygens (including phenoxy) is 1. The van der Waals surface area contributed by atoms with Crippen LogP contribution in [-0.4, -0.2) is 21.8 Å². The molecule has 0 saturated heterocycles. The molecule has 0 radical (unpaired) electrons. The second-order valence-corrected chi connectivity index (χ2v) is 2.26. The molecule has 2 atom stereocenters. The van der Waals surface area contributed by atoms with Crippen molar-refractivity contribution in [2.45, 2.75) is 10.5 Å². The highest BCUT2D eigenvalue weighted by atomic mass is 127. The van der Waals surface area contributed by atoms with Crippen molar-refractivity contribution in [3.63, 3.8) is 0 Å². The summed E-state index contributed by atoms with van der Waals surface area (Å²) in [5.41, 5.74) is 0. The molecule has 0 saturated carbocycles. The average Bonchev–Trinajstić information content (AvgIpc) is 1.63. The van der Waals surface area contributed by atoms with Crippen LogP contribution in [0, 0.1) is 0 Å². The van der Waals surface area contributed by atoms with Crippen molar-refractivity contribution in [2.75, 3.05) is 0 Å². The van der Waals surface area contributed by atoms with Crippen LogP contribution in [0.1, 0.15) is 0 Å². The van der Waals surface area contributed by atoms with E-state index in [-0.39, 0.29) is 0 Å². The number of rotatable bonds is 2. The van der Waals surface area contributed by atoms with E-state index in [9.17, 15) is 13.6 Å². The Morgan fingerprint density at radius 2 is 2.11 bits per heavy atom. The maximum atomic E-state index is 11.8. The Kier molecular flexibility index (Phi) is 3.75. The molecule has 54 valence electrons. The van der Waals surface area contributed by atoms with Crippen molar-refractivity contribution in [1.82, 2.24) is 0 Å². The summed E-state index contributed by atoms with van der Waals surface area (Å²) < 4.78 is 24.9. The quantitative estimate of drug-likeness (QED) is 0.462. The van der Waals surface area contributed by atoms with Gasteiger partial charge in [0.1, 0.15) is 0 Å². The molecule has 0 heterocycles. The highest BCUT2D eigenvalue weighted by Gasteiger charge is 2.20. The molecule has 3 nitrogen and oxygen atoms in total. The van der Waals surface area contributed by atoms with Gasteiger partial charge in [-0.15, -0.1) is 0 Å². The van der Waals surface area contributed by atoms with Gasteiger partial charge in [-0.2, -0.15) is 4.39 Å². The van der Waals surface area contributed by atoms with Crippen LogP contribution in [0.2, 0.25) is 0 Å². The lowest BCUT2D eigenvalue weighted by Crippen LogP contribution is -2.18. The van der Waals surface area contributed by atoms with Crippen LogP contribution in [0.25, 0.3) is 0 Å². The first-order valence-corrected chi connectivity index (χ1v) is 3.10. The number of alkyl halides is 3. The first kappa shape index (κ1) is 8.86. The number of carboxylic acid groups (broad SMARTS) is 1. The summed E-state index contributed by atoms with van der Waals surface area (Å²) in [7, 11) is 0. The fourth-order valence-electron chi connectivity index (χ4n) is 0.148. The molecule has 0 aliphatic heterocycles. The van der Waals surface area contributed by atoms with Gasteiger partial charge in [-0.25, -0.2) is 9.18 Å². The summed E-state index contributed by atoms with van der Waals surface area (Å²) in [5.74, 6) is 0. The zero-order valence-corrected chi connectivity index (χ0v) is 6.21. The Balaban J connectivity index is 3.50. The Morgan fingerprint density at radius 1 is 1.67 bits per heavy atom. The topological polar surface area (TPSA) is 46.5 Å². The molecular weight excluding hydrogens is 249 g/mol. The summed E-state index contributed by atoms with van der Waals surface area (Å²) in [6.07, 6.45) is -4.20. The maximum absolute atomic E-state index is 11.8. The second kappa shape index (κ2) is 3.80. The van der Waals surface area contributed by atoms with E-state index in [1.807, 2.05) is 0 Å². The molecule has 0 bridgehead atoms. The van der Waals surface area contributed by atoms with E-state index in [0.717, 1.165) is 22.6 Å². The Labute approximate surface area is 63.1 Å². The minimum atomic E-state index is -2.39. The first-order chi connectivity index (χ1) is 4.04. The SMILES string of the molecule is O=C(O)OC(F)C(F)I. The number of carbonyl (C=O) groups is 1. The Bertz CT molecular complexity index is 107. The second-order valence-electron chi connectivity index (χ2n) is 1.07. The zero-order chi connectivity index (χ0) is 7.44. The molecule has 0 aromatic heterocycles. The lowest BCUT2D eigenvalue weighted by atomic mass is 10.8. The van der Waals surface area contributed by atoms with E-state index in [4.69, 9.17) is 5.11 Å². The van der Waals surface area contributed by atoms with E-state index in [2.05, 4.69) is 4.74 Å². The van der Waals surface area contributed by atoms with Gasteiger partial charge in [-0.1, -0.05) is 0 Å². The highest BCUT2D eigenvalue weighted by Crippen LogP contribution is 2.12. The van der Waals surface area contributed by atoms with Crippen molar-refractivity contribution in [3.8, 4) is 0 Å². The largest absolute Gasteiger partial charge is 0.508 e. The standard InChI is InChI=1S/C3H3F2IO3/c4-1(6)2(5)9-3(7)8/h1-2H,(H,7,8). The van der Waals surface area contributed by atoms with Crippen LogP contribution in [0.5, 0.6) is 0 Å². The number of hydrogen-bond acceptors (Lipinski definition) is 2. The van der Waals surface area contributed by atoms with Crippen molar-refractivity contribution >= 4 is 28.7 Å². The van der Waals surface area contributed by atoms with E-state index in [1.165, 1.54) is 0 Å². The van der Waals surface area contributed by atoms with Crippen molar-refractivity contribution in [1.29, 1.82) is 0 Å². The number of hydrogen-bond donors (Lipinski definition) is 1. The van der Waals surface area contributed by atoms with Crippen molar-refractivity contribution in [2.24, 2.45) is 0 Å². The third-order valence-electron chi connectivity index (χ3n) is 0.412. The molecule has 0 aromatic rings. The predicted octanol–water partition coefficient (Wildman–Crippen LogP) is 1.71. The molecule has 0 fully saturated rings. The van der Waals surface area contributed by atoms with Gasteiger partial charge in [0.25, 0.3) is 6.36 Å². The van der Waals surface area contributed by atoms with Crippen LogP contribution in [0.3, 0.4) is 0 Å². The van der Waals surface area contributed by atoms with E-state index in [1.54, 1.807) is 0 Å². The first-order valence-electron chi connectivity index (χ1n) is 1.86. The smallest absolute Gasteiger partial charge is 0.450 e. The van der Waals surface area contributed by atoms with Crippen LogP contribution >= 0.6 is 22.6 Å². The van der Waals surface area contributed by atoms with Gasteiger partial charge in [-0.3, -0.25) is 0 Å². The van der Waals surface area contributed by atoms with Crippen LogP contribution in [0.15, 0.2) is 0 Å². The monoisotopic (exact) mass is 252 g/mol. The molecule has 0 aromatic carbocycles. The molecule has 0 amide bonds. The fourth-order valence-corrected chi connectivity index (χ4v) is 0.295. The molecule has 1 N–H and O–H groups in total. The van der Waals surface area contributed by atoms with Gasteiger partial charge in [0.05, 0.1) is 0 Å². The Hall–Kier alpha value is -0.140. The lowest BCUT2D eigenvalue weighted by molar-refractivity contribution is -0.0321. The summed E-state index contributed by atoms with van der Waals surface area (Å²) in [4.78, 5) is 9.48. The van der Waals surface area contributed by atoms with Crippen molar-refractivity contribution in [3.05, 3.63) is 0 Å². The lowest BCUT2D eigenvalue weighted by Gasteiger charge is -2.04. The Morgan fingerprint density at radius 3 is 2.22 bits per heavy atom. The van der Waals surface area contributed by atoms with Gasteiger partial charge in [0, 0.05) is 0 Å². The molecule has 2 unspecified atom stereocenters. The van der Waals surface area contributed by atoms with Crippen LogP contribution in [-0.2, 0) is 4.74 Å². The third kappa shape index (κ3) is 4.37. The van der Waals surface area contributed by atoms with Gasteiger partial charge in [0.15, 0.2) is 0 Å². The van der Waals surface area contributed by atoms with Crippen LogP contribution < -0.4 is 0 Å². The van der Waals surface area contributed by atoms with Gasteiger partial charge < -0.3 is 9.84 Å². The molecule has 6 heteroatoms. The summed E-state index contributed by atoms with van der Waals surface area (Å²) in [5, 5.41) is 7.70. The molecule has 0 aliphatic rings. The maximum Gasteiger partial charge on any atom is 0.508 e. The van der Waals surface area contributed by atoms with E-state index >= 15 is 0 Å². The minimum absolute atomic E-state index is 1.07. The summed E-state index contributed by atoms with van der Waals surface area (Å²) in [6.45, 7) is 0. The normalized spacial score (nSPS) is 16.3. The zero-order valence-electron chi connectivity index (χ0n) is 4.05. The fraction of sp³-hybridized carbons (Fsp3) is 0.667. The van der Waals surface area contributed by atoms with Crippen LogP contribution in [0.4, 0.5) is 13.6 Å². The predicted molar refractivity (Wildman–Crippen MR) is 32.9 cm³/mol. The molecular formula is C3H3F2IO3. The molecule has 0 rings (SSSR count). The molecule has 0 aliphatic carbocycles. The highest BCUT2D eigenvalue weighted by molar-refractivity contribution is 14.1. The van der Waals surface area contributed by atoms with E-state index < -0.39 is 16.7 Å².